The van der Waals surface area contributed by atoms with Gasteiger partial charge in [0.15, 0.2) is 0 Å². The second-order valence-corrected chi connectivity index (χ2v) is 12.5. The van der Waals surface area contributed by atoms with Gasteiger partial charge >= 0.3 is 0 Å². The molecule has 4 rings (SSSR count). The number of hydrogen-bond acceptors (Lipinski definition) is 4. The zero-order valence-corrected chi connectivity index (χ0v) is 22.0. The van der Waals surface area contributed by atoms with E-state index in [0.717, 1.165) is 57.9 Å². The number of likely N-dealkylation sites (tertiary alicyclic amines) is 1. The zero-order valence-electron chi connectivity index (χ0n) is 22.0. The van der Waals surface area contributed by atoms with Crippen LogP contribution in [0.3, 0.4) is 0 Å². The van der Waals surface area contributed by atoms with Gasteiger partial charge in [0.05, 0.1) is 11.9 Å². The molecule has 4 unspecified atom stereocenters. The molecule has 1 saturated heterocycles. The first kappa shape index (κ1) is 26.4. The zero-order chi connectivity index (χ0) is 25.1. The molecule has 2 amide bonds. The van der Waals surface area contributed by atoms with Crippen LogP contribution in [0.4, 0.5) is 0 Å². The fraction of sp³-hybridized carbons (Fsp3) is 0.893. The van der Waals surface area contributed by atoms with Crippen LogP contribution in [-0.4, -0.2) is 47.2 Å². The summed E-state index contributed by atoms with van der Waals surface area (Å²) in [6.45, 7) is 5.41. The van der Waals surface area contributed by atoms with Gasteiger partial charge in [-0.15, -0.1) is 0 Å². The smallest absolute Gasteiger partial charge is 0.237 e. The predicted octanol–water partition coefficient (Wildman–Crippen LogP) is 3.79. The number of amides is 2. The quantitative estimate of drug-likeness (QED) is 0.307. The van der Waals surface area contributed by atoms with Crippen LogP contribution in [0.2, 0.25) is 0 Å². The van der Waals surface area contributed by atoms with E-state index >= 15 is 0 Å². The van der Waals surface area contributed by atoms with Crippen LogP contribution in [-0.2, 0) is 9.59 Å². The number of carbonyl (C=O) groups excluding carboxylic acids is 2. The molecular formula is C28H49N5O2. The minimum Gasteiger partial charge on any atom is -0.387 e. The highest BCUT2D eigenvalue weighted by atomic mass is 16.2. The Bertz CT molecular complexity index is 756. The van der Waals surface area contributed by atoms with Gasteiger partial charge in [-0.2, -0.15) is 0 Å². The second-order valence-electron chi connectivity index (χ2n) is 12.5. The lowest BCUT2D eigenvalue weighted by Crippen LogP contribution is -2.54. The lowest BCUT2D eigenvalue weighted by molar-refractivity contribution is -0.128. The molecule has 0 radical (unpaired) electrons. The van der Waals surface area contributed by atoms with Crippen molar-refractivity contribution in [3.05, 3.63) is 0 Å². The minimum absolute atomic E-state index is 0.00994. The summed E-state index contributed by atoms with van der Waals surface area (Å²) in [4.78, 5) is 28.0. The first-order chi connectivity index (χ1) is 16.7. The number of carbonyl (C=O) groups is 2. The van der Waals surface area contributed by atoms with Gasteiger partial charge in [0.2, 0.25) is 11.8 Å². The average molecular weight is 488 g/mol. The maximum absolute atomic E-state index is 13.9. The molecule has 7 nitrogen and oxygen atoms in total. The topological polar surface area (TPSA) is 125 Å². The van der Waals surface area contributed by atoms with E-state index in [1.165, 1.54) is 32.1 Å². The van der Waals surface area contributed by atoms with Crippen LogP contribution < -0.4 is 16.8 Å². The monoisotopic (exact) mass is 487 g/mol. The molecule has 3 aliphatic carbocycles. The Hall–Kier alpha value is -1.63. The van der Waals surface area contributed by atoms with Crippen LogP contribution in [0.5, 0.6) is 0 Å². The van der Waals surface area contributed by atoms with Crippen molar-refractivity contribution in [3.63, 3.8) is 0 Å². The number of rotatable bonds is 8. The van der Waals surface area contributed by atoms with E-state index in [9.17, 15) is 9.59 Å². The fourth-order valence-corrected chi connectivity index (χ4v) is 7.86. The summed E-state index contributed by atoms with van der Waals surface area (Å²) < 4.78 is 0. The van der Waals surface area contributed by atoms with Crippen LogP contribution in [0, 0.1) is 40.9 Å². The van der Waals surface area contributed by atoms with Gasteiger partial charge in [0.25, 0.3) is 0 Å². The Morgan fingerprint density at radius 3 is 2.17 bits per heavy atom. The Balaban J connectivity index is 1.48. The van der Waals surface area contributed by atoms with Crippen molar-refractivity contribution in [1.82, 2.24) is 10.2 Å². The van der Waals surface area contributed by atoms with Crippen molar-refractivity contribution in [2.45, 2.75) is 115 Å². The van der Waals surface area contributed by atoms with Crippen molar-refractivity contribution < 1.29 is 9.59 Å². The highest BCUT2D eigenvalue weighted by Gasteiger charge is 2.48. The molecule has 7 heteroatoms. The molecule has 198 valence electrons. The van der Waals surface area contributed by atoms with Crippen molar-refractivity contribution in [2.75, 3.05) is 6.54 Å². The van der Waals surface area contributed by atoms with Gasteiger partial charge in [0.1, 0.15) is 0 Å². The van der Waals surface area contributed by atoms with E-state index in [4.69, 9.17) is 16.9 Å². The molecule has 3 saturated carbocycles. The molecule has 0 bridgehead atoms. The number of nitrogens with one attached hydrogen (secondary N) is 2. The van der Waals surface area contributed by atoms with Gasteiger partial charge < -0.3 is 16.8 Å². The van der Waals surface area contributed by atoms with E-state index in [-0.39, 0.29) is 35.7 Å². The highest BCUT2D eigenvalue weighted by molar-refractivity contribution is 5.83. The Morgan fingerprint density at radius 2 is 1.57 bits per heavy atom. The third-order valence-electron chi connectivity index (χ3n) is 9.95. The van der Waals surface area contributed by atoms with Crippen molar-refractivity contribution >= 4 is 17.6 Å². The molecule has 0 aromatic heterocycles. The van der Waals surface area contributed by atoms with E-state index in [1.54, 1.807) is 0 Å². The van der Waals surface area contributed by atoms with Gasteiger partial charge in [-0.05, 0) is 87.9 Å². The average Bonchev–Trinajstić information content (AvgIpc) is 3.20. The van der Waals surface area contributed by atoms with Gasteiger partial charge in [-0.25, -0.2) is 0 Å². The SMILES string of the molecule is CC(C)[C@H](NC(=O)C1CC2CCC(C(=N)N)CC2N1CC1CCC(C(N)=O)CC1)C1CCCCC1. The predicted molar refractivity (Wildman–Crippen MR) is 140 cm³/mol. The standard InChI is InChI=1S/C28H49N5O2/c1-17(2)25(19-6-4-3-5-7-19)32-28(35)24-14-21-12-13-22(26(29)30)15-23(21)33(24)16-18-8-10-20(11-9-18)27(31)34/h17-25H,3-16H2,1-2H3,(H3,29,30)(H2,31,34)(H,32,35)/t18?,20?,21?,22?,23?,24?,25-/m0/s1. The van der Waals surface area contributed by atoms with Crippen LogP contribution in [0.25, 0.3) is 0 Å². The first-order valence-electron chi connectivity index (χ1n) is 14.4. The Kier molecular flexibility index (Phi) is 8.77. The first-order valence-corrected chi connectivity index (χ1v) is 14.4. The Morgan fingerprint density at radius 1 is 0.914 bits per heavy atom. The summed E-state index contributed by atoms with van der Waals surface area (Å²) in [7, 11) is 0. The molecule has 35 heavy (non-hydrogen) atoms. The van der Waals surface area contributed by atoms with Crippen molar-refractivity contribution in [2.24, 2.45) is 47.0 Å². The summed E-state index contributed by atoms with van der Waals surface area (Å²) in [6, 6.07) is 0.493. The summed E-state index contributed by atoms with van der Waals surface area (Å²) in [5.74, 6) is 2.53. The normalized spacial score (nSPS) is 35.4. The number of primary amides is 1. The molecule has 0 aromatic rings. The van der Waals surface area contributed by atoms with Gasteiger partial charge in [0, 0.05) is 30.5 Å². The third-order valence-corrected chi connectivity index (χ3v) is 9.95. The van der Waals surface area contributed by atoms with Crippen molar-refractivity contribution in [1.29, 1.82) is 5.41 Å². The van der Waals surface area contributed by atoms with Crippen LogP contribution in [0.15, 0.2) is 0 Å². The fourth-order valence-electron chi connectivity index (χ4n) is 7.86. The molecule has 4 aliphatic rings. The van der Waals surface area contributed by atoms with Crippen LogP contribution >= 0.6 is 0 Å². The maximum atomic E-state index is 13.9. The molecule has 0 aromatic carbocycles. The molecule has 1 heterocycles. The number of amidine groups is 1. The molecule has 5 atom stereocenters. The molecule has 6 N–H and O–H groups in total. The summed E-state index contributed by atoms with van der Waals surface area (Å²) in [5.41, 5.74) is 11.5. The minimum atomic E-state index is -0.166. The number of fused-ring (bicyclic) bond motifs is 1. The van der Waals surface area contributed by atoms with Crippen molar-refractivity contribution in [3.8, 4) is 0 Å². The lowest BCUT2D eigenvalue weighted by atomic mass is 9.77. The molecular weight excluding hydrogens is 438 g/mol. The van der Waals surface area contributed by atoms with Gasteiger partial charge in [-0.3, -0.25) is 19.9 Å². The third kappa shape index (κ3) is 6.20. The number of hydrogen-bond donors (Lipinski definition) is 4. The van der Waals surface area contributed by atoms with E-state index in [1.807, 2.05) is 0 Å². The lowest BCUT2D eigenvalue weighted by Gasteiger charge is -2.40. The van der Waals surface area contributed by atoms with E-state index in [0.29, 0.717) is 35.5 Å². The summed E-state index contributed by atoms with van der Waals surface area (Å²) in [5, 5.41) is 11.6. The summed E-state index contributed by atoms with van der Waals surface area (Å²) >= 11 is 0. The highest BCUT2D eigenvalue weighted by Crippen LogP contribution is 2.43. The molecule has 4 fully saturated rings. The second kappa shape index (κ2) is 11.6. The number of nitrogens with two attached hydrogens (primary N) is 2. The maximum Gasteiger partial charge on any atom is 0.237 e. The molecule has 1 aliphatic heterocycles. The van der Waals surface area contributed by atoms with E-state index in [2.05, 4.69) is 24.1 Å². The summed E-state index contributed by atoms with van der Waals surface area (Å²) in [6.07, 6.45) is 13.9. The Labute approximate surface area is 212 Å². The van der Waals surface area contributed by atoms with Crippen LogP contribution in [0.1, 0.15) is 97.3 Å². The van der Waals surface area contributed by atoms with E-state index < -0.39 is 0 Å². The number of nitrogens with zero attached hydrogens (tertiary/aromatic N) is 1. The molecule has 0 spiro atoms. The van der Waals surface area contributed by atoms with Gasteiger partial charge in [-0.1, -0.05) is 33.1 Å². The largest absolute Gasteiger partial charge is 0.387 e.